The largest absolute Gasteiger partial charge is 0.338 e. The van der Waals surface area contributed by atoms with Gasteiger partial charge in [-0.05, 0) is 42.8 Å². The van der Waals surface area contributed by atoms with E-state index in [0.29, 0.717) is 17.1 Å². The number of pyridine rings is 2. The Hall–Kier alpha value is -5.09. The van der Waals surface area contributed by atoms with Gasteiger partial charge >= 0.3 is 0 Å². The van der Waals surface area contributed by atoms with Crippen molar-refractivity contribution < 1.29 is 14.0 Å². The van der Waals surface area contributed by atoms with E-state index in [-0.39, 0.29) is 22.7 Å². The first-order valence-corrected chi connectivity index (χ1v) is 12.9. The van der Waals surface area contributed by atoms with Crippen LogP contribution in [0.1, 0.15) is 26.3 Å². The first-order chi connectivity index (χ1) is 19.0. The number of anilines is 4. The molecule has 6 rings (SSSR count). The fourth-order valence-electron chi connectivity index (χ4n) is 4.26. The standard InChI is InChI=1S/C29H21FN6O2S/c1-17-7-2-4-10-22(17)33-27-23(34-29(38)20-16-39-25-11-5-3-8-19(20)25)13-18(14-31-27)28(37)35-24-15-32-36-12-6-9-21(30)26(24)36/h2-16H,1H3,(H,31,33)(H,34,38)(H,35,37). The lowest BCUT2D eigenvalue weighted by molar-refractivity contribution is 0.101. The van der Waals surface area contributed by atoms with Crippen LogP contribution in [0.25, 0.3) is 15.6 Å². The summed E-state index contributed by atoms with van der Waals surface area (Å²) in [6, 6.07) is 19.7. The molecule has 0 aliphatic heterocycles. The summed E-state index contributed by atoms with van der Waals surface area (Å²) in [5.74, 6) is -1.00. The Morgan fingerprint density at radius 3 is 2.56 bits per heavy atom. The maximum atomic E-state index is 14.4. The maximum absolute atomic E-state index is 14.4. The van der Waals surface area contributed by atoms with Gasteiger partial charge in [-0.15, -0.1) is 11.3 Å². The third-order valence-corrected chi connectivity index (χ3v) is 7.23. The van der Waals surface area contributed by atoms with Crippen molar-refractivity contribution in [3.8, 4) is 0 Å². The van der Waals surface area contributed by atoms with Crippen LogP contribution in [0.5, 0.6) is 0 Å². The summed E-state index contributed by atoms with van der Waals surface area (Å²) in [7, 11) is 0. The van der Waals surface area contributed by atoms with Crippen LogP contribution in [0.15, 0.2) is 90.7 Å². The number of fused-ring (bicyclic) bond motifs is 2. The number of nitrogens with zero attached hydrogens (tertiary/aromatic N) is 3. The zero-order valence-electron chi connectivity index (χ0n) is 20.6. The fourth-order valence-corrected chi connectivity index (χ4v) is 5.20. The van der Waals surface area contributed by atoms with Crippen LogP contribution in [0.3, 0.4) is 0 Å². The van der Waals surface area contributed by atoms with Gasteiger partial charge in [-0.25, -0.2) is 13.9 Å². The number of benzene rings is 2. The Labute approximate surface area is 226 Å². The van der Waals surface area contributed by atoms with Crippen molar-refractivity contribution in [2.75, 3.05) is 16.0 Å². The molecule has 3 N–H and O–H groups in total. The highest BCUT2D eigenvalue weighted by Crippen LogP contribution is 2.30. The quantitative estimate of drug-likeness (QED) is 0.222. The van der Waals surface area contributed by atoms with Gasteiger partial charge in [0.05, 0.1) is 28.7 Å². The molecule has 10 heteroatoms. The molecule has 0 radical (unpaired) electrons. The summed E-state index contributed by atoms with van der Waals surface area (Å²) in [4.78, 5) is 31.0. The van der Waals surface area contributed by atoms with Gasteiger partial charge in [0.2, 0.25) is 0 Å². The molecule has 2 amide bonds. The second-order valence-corrected chi connectivity index (χ2v) is 9.73. The van der Waals surface area contributed by atoms with E-state index < -0.39 is 11.7 Å². The van der Waals surface area contributed by atoms with Crippen LogP contribution in [-0.4, -0.2) is 26.4 Å². The van der Waals surface area contributed by atoms with Crippen molar-refractivity contribution in [3.05, 3.63) is 113 Å². The van der Waals surface area contributed by atoms with Crippen molar-refractivity contribution in [1.29, 1.82) is 0 Å². The molecule has 6 aromatic rings. The molecule has 0 unspecified atom stereocenters. The normalized spacial score (nSPS) is 11.0. The molecule has 192 valence electrons. The zero-order chi connectivity index (χ0) is 26.9. The molecule has 0 atom stereocenters. The Balaban J connectivity index is 1.35. The molecule has 0 spiro atoms. The van der Waals surface area contributed by atoms with E-state index in [1.165, 1.54) is 46.4 Å². The number of hydrogen-bond acceptors (Lipinski definition) is 6. The summed E-state index contributed by atoms with van der Waals surface area (Å²) < 4.78 is 16.7. The molecule has 0 fully saturated rings. The van der Waals surface area contributed by atoms with Gasteiger partial charge < -0.3 is 16.0 Å². The topological polar surface area (TPSA) is 100 Å². The van der Waals surface area contributed by atoms with Gasteiger partial charge in [-0.3, -0.25) is 9.59 Å². The molecule has 0 aliphatic rings. The number of amides is 2. The summed E-state index contributed by atoms with van der Waals surface area (Å²) in [5.41, 5.74) is 3.17. The second kappa shape index (κ2) is 9.99. The molecule has 0 saturated carbocycles. The van der Waals surface area contributed by atoms with E-state index in [4.69, 9.17) is 0 Å². The van der Waals surface area contributed by atoms with Crippen molar-refractivity contribution in [3.63, 3.8) is 0 Å². The monoisotopic (exact) mass is 536 g/mol. The Kier molecular flexibility index (Phi) is 6.22. The SMILES string of the molecule is Cc1ccccc1Nc1ncc(C(=O)Nc2cnn3cccc(F)c23)cc1NC(=O)c1csc2ccccc12. The molecule has 4 heterocycles. The minimum Gasteiger partial charge on any atom is -0.338 e. The summed E-state index contributed by atoms with van der Waals surface area (Å²) in [6.07, 6.45) is 4.36. The van der Waals surface area contributed by atoms with Crippen LogP contribution in [0, 0.1) is 12.7 Å². The van der Waals surface area contributed by atoms with Gasteiger partial charge in [0, 0.05) is 33.5 Å². The Morgan fingerprint density at radius 1 is 0.897 bits per heavy atom. The average molecular weight is 537 g/mol. The number of carbonyl (C=O) groups is 2. The Bertz CT molecular complexity index is 1880. The van der Waals surface area contributed by atoms with Crippen LogP contribution < -0.4 is 16.0 Å². The number of aromatic nitrogens is 3. The van der Waals surface area contributed by atoms with Crippen molar-refractivity contribution in [2.24, 2.45) is 0 Å². The van der Waals surface area contributed by atoms with Crippen molar-refractivity contribution in [1.82, 2.24) is 14.6 Å². The number of thiophene rings is 1. The molecule has 0 saturated heterocycles. The minimum atomic E-state index is -0.528. The predicted molar refractivity (Wildman–Crippen MR) is 152 cm³/mol. The lowest BCUT2D eigenvalue weighted by Gasteiger charge is -2.15. The smallest absolute Gasteiger partial charge is 0.257 e. The van der Waals surface area contributed by atoms with Gasteiger partial charge in [-0.1, -0.05) is 36.4 Å². The summed E-state index contributed by atoms with van der Waals surface area (Å²) in [5, 5.41) is 15.6. The molecular weight excluding hydrogens is 515 g/mol. The first kappa shape index (κ1) is 24.3. The number of rotatable bonds is 6. The predicted octanol–water partition coefficient (Wildman–Crippen LogP) is 6.64. The zero-order valence-corrected chi connectivity index (χ0v) is 21.4. The van der Waals surface area contributed by atoms with E-state index in [0.717, 1.165) is 21.3 Å². The summed E-state index contributed by atoms with van der Waals surface area (Å²) >= 11 is 1.48. The van der Waals surface area contributed by atoms with Crippen LogP contribution in [-0.2, 0) is 0 Å². The molecular formula is C29H21FN6O2S. The molecule has 0 aliphatic carbocycles. The first-order valence-electron chi connectivity index (χ1n) is 12.0. The van der Waals surface area contributed by atoms with E-state index in [1.807, 2.05) is 55.5 Å². The van der Waals surface area contributed by atoms with Crippen LogP contribution in [0.4, 0.5) is 27.3 Å². The minimum absolute atomic E-state index is 0.148. The van der Waals surface area contributed by atoms with Crippen molar-refractivity contribution >= 4 is 61.6 Å². The van der Waals surface area contributed by atoms with Gasteiger partial charge in [0.25, 0.3) is 11.8 Å². The number of halogens is 1. The maximum Gasteiger partial charge on any atom is 0.257 e. The molecule has 2 aromatic carbocycles. The molecule has 4 aromatic heterocycles. The third-order valence-electron chi connectivity index (χ3n) is 6.26. The second-order valence-electron chi connectivity index (χ2n) is 8.82. The molecule has 8 nitrogen and oxygen atoms in total. The van der Waals surface area contributed by atoms with E-state index in [9.17, 15) is 14.0 Å². The van der Waals surface area contributed by atoms with Crippen LogP contribution in [0.2, 0.25) is 0 Å². The molecule has 39 heavy (non-hydrogen) atoms. The van der Waals surface area contributed by atoms with E-state index in [2.05, 4.69) is 26.0 Å². The molecule has 0 bridgehead atoms. The van der Waals surface area contributed by atoms with Crippen LogP contribution >= 0.6 is 11.3 Å². The third kappa shape index (κ3) is 4.69. The number of para-hydroxylation sites is 1. The Morgan fingerprint density at radius 2 is 1.69 bits per heavy atom. The average Bonchev–Trinajstić information content (AvgIpc) is 3.56. The number of hydrogen-bond donors (Lipinski definition) is 3. The summed E-state index contributed by atoms with van der Waals surface area (Å²) in [6.45, 7) is 1.95. The van der Waals surface area contributed by atoms with Gasteiger partial charge in [0.15, 0.2) is 11.6 Å². The van der Waals surface area contributed by atoms with Gasteiger partial charge in [0.1, 0.15) is 5.52 Å². The number of carbonyl (C=O) groups excluding carboxylic acids is 2. The lowest BCUT2D eigenvalue weighted by Crippen LogP contribution is -2.16. The van der Waals surface area contributed by atoms with Gasteiger partial charge in [-0.2, -0.15) is 5.10 Å². The highest BCUT2D eigenvalue weighted by Gasteiger charge is 2.19. The highest BCUT2D eigenvalue weighted by atomic mass is 32.1. The number of aryl methyl sites for hydroxylation is 1. The van der Waals surface area contributed by atoms with Crippen molar-refractivity contribution in [2.45, 2.75) is 6.92 Å². The fraction of sp³-hybridized carbons (Fsp3) is 0.0345. The van der Waals surface area contributed by atoms with E-state index in [1.54, 1.807) is 11.6 Å². The number of nitrogens with one attached hydrogen (secondary N) is 3. The van der Waals surface area contributed by atoms with E-state index >= 15 is 0 Å². The lowest BCUT2D eigenvalue weighted by atomic mass is 10.1. The highest BCUT2D eigenvalue weighted by molar-refractivity contribution is 7.17.